The summed E-state index contributed by atoms with van der Waals surface area (Å²) in [7, 11) is 1.63. The molecule has 0 bridgehead atoms. The standard InChI is InChI=1S/C20H25N3O3/c1-26-17-7-5-16(6-8-17)20(25)9-13-23(14-10-20)15-12-22-19(24)18-4-2-3-11-21-18/h2-8,11,25H,9-10,12-15H2,1H3,(H,22,24). The van der Waals surface area contributed by atoms with E-state index in [1.54, 1.807) is 31.5 Å². The summed E-state index contributed by atoms with van der Waals surface area (Å²) in [6, 6.07) is 12.9. The van der Waals surface area contributed by atoms with Gasteiger partial charge < -0.3 is 20.1 Å². The summed E-state index contributed by atoms with van der Waals surface area (Å²) in [5, 5.41) is 13.8. The van der Waals surface area contributed by atoms with Gasteiger partial charge in [-0.25, -0.2) is 0 Å². The maximum absolute atomic E-state index is 12.0. The summed E-state index contributed by atoms with van der Waals surface area (Å²) in [5.74, 6) is 0.635. The van der Waals surface area contributed by atoms with Crippen molar-refractivity contribution in [1.29, 1.82) is 0 Å². The van der Waals surface area contributed by atoms with Crippen LogP contribution in [0.2, 0.25) is 0 Å². The summed E-state index contributed by atoms with van der Waals surface area (Å²) in [6.07, 6.45) is 2.96. The van der Waals surface area contributed by atoms with E-state index in [0.717, 1.165) is 30.9 Å². The smallest absolute Gasteiger partial charge is 0.269 e. The van der Waals surface area contributed by atoms with Crippen LogP contribution in [0, 0.1) is 0 Å². The highest BCUT2D eigenvalue weighted by Gasteiger charge is 2.33. The number of ether oxygens (including phenoxy) is 1. The molecule has 0 atom stereocenters. The molecular weight excluding hydrogens is 330 g/mol. The number of methoxy groups -OCH3 is 1. The number of benzene rings is 1. The van der Waals surface area contributed by atoms with Gasteiger partial charge in [0.15, 0.2) is 0 Å². The van der Waals surface area contributed by atoms with Gasteiger partial charge in [0.05, 0.1) is 12.7 Å². The van der Waals surface area contributed by atoms with E-state index in [0.29, 0.717) is 25.1 Å². The second kappa shape index (κ2) is 8.29. The van der Waals surface area contributed by atoms with Gasteiger partial charge in [0.2, 0.25) is 0 Å². The number of carbonyl (C=O) groups excluding carboxylic acids is 1. The van der Waals surface area contributed by atoms with Crippen molar-refractivity contribution in [3.05, 3.63) is 59.9 Å². The molecule has 138 valence electrons. The highest BCUT2D eigenvalue weighted by atomic mass is 16.5. The number of hydrogen-bond acceptors (Lipinski definition) is 5. The van der Waals surface area contributed by atoms with Crippen LogP contribution in [0.3, 0.4) is 0 Å². The van der Waals surface area contributed by atoms with Crippen molar-refractivity contribution >= 4 is 5.91 Å². The highest BCUT2D eigenvalue weighted by molar-refractivity contribution is 5.92. The number of likely N-dealkylation sites (tertiary alicyclic amines) is 1. The molecule has 0 spiro atoms. The van der Waals surface area contributed by atoms with Gasteiger partial charge in [0, 0.05) is 32.4 Å². The third kappa shape index (κ3) is 4.39. The van der Waals surface area contributed by atoms with Crippen molar-refractivity contribution < 1.29 is 14.6 Å². The molecule has 3 rings (SSSR count). The van der Waals surface area contributed by atoms with Gasteiger partial charge in [-0.05, 0) is 42.7 Å². The molecular formula is C20H25N3O3. The van der Waals surface area contributed by atoms with Gasteiger partial charge in [0.25, 0.3) is 5.91 Å². The Morgan fingerprint density at radius 3 is 2.58 bits per heavy atom. The summed E-state index contributed by atoms with van der Waals surface area (Å²) in [5.41, 5.74) is 0.571. The maximum Gasteiger partial charge on any atom is 0.269 e. The molecule has 1 aromatic heterocycles. The first kappa shape index (κ1) is 18.4. The normalized spacial score (nSPS) is 16.8. The van der Waals surface area contributed by atoms with Crippen LogP contribution in [-0.4, -0.2) is 54.2 Å². The van der Waals surface area contributed by atoms with Crippen molar-refractivity contribution in [1.82, 2.24) is 15.2 Å². The number of hydrogen-bond donors (Lipinski definition) is 2. The number of carbonyl (C=O) groups is 1. The average molecular weight is 355 g/mol. The Hall–Kier alpha value is -2.44. The molecule has 0 saturated carbocycles. The van der Waals surface area contributed by atoms with Gasteiger partial charge in [-0.3, -0.25) is 9.78 Å². The number of rotatable bonds is 6. The van der Waals surface area contributed by atoms with Crippen molar-refractivity contribution in [2.45, 2.75) is 18.4 Å². The predicted octanol–water partition coefficient (Wildman–Crippen LogP) is 1.80. The van der Waals surface area contributed by atoms with E-state index in [4.69, 9.17) is 4.74 Å². The van der Waals surface area contributed by atoms with Crippen LogP contribution in [-0.2, 0) is 5.60 Å². The van der Waals surface area contributed by atoms with Crippen molar-refractivity contribution in [3.8, 4) is 5.75 Å². The lowest BCUT2D eigenvalue weighted by atomic mass is 9.84. The van der Waals surface area contributed by atoms with Crippen LogP contribution < -0.4 is 10.1 Å². The minimum atomic E-state index is -0.792. The fourth-order valence-electron chi connectivity index (χ4n) is 3.25. The zero-order chi connectivity index (χ0) is 18.4. The summed E-state index contributed by atoms with van der Waals surface area (Å²) in [4.78, 5) is 18.3. The molecule has 1 saturated heterocycles. The SMILES string of the molecule is COc1ccc(C2(O)CCN(CCNC(=O)c3ccccn3)CC2)cc1. The average Bonchev–Trinajstić information content (AvgIpc) is 2.70. The van der Waals surface area contributed by atoms with E-state index in [1.165, 1.54) is 0 Å². The summed E-state index contributed by atoms with van der Waals surface area (Å²) < 4.78 is 5.17. The number of nitrogens with one attached hydrogen (secondary N) is 1. The Labute approximate surface area is 153 Å². The minimum Gasteiger partial charge on any atom is -0.497 e. The largest absolute Gasteiger partial charge is 0.497 e. The van der Waals surface area contributed by atoms with Crippen LogP contribution in [0.5, 0.6) is 5.75 Å². The Kier molecular flexibility index (Phi) is 5.85. The van der Waals surface area contributed by atoms with E-state index >= 15 is 0 Å². The molecule has 0 aliphatic carbocycles. The Morgan fingerprint density at radius 2 is 1.96 bits per heavy atom. The third-order valence-corrected chi connectivity index (χ3v) is 4.92. The Morgan fingerprint density at radius 1 is 1.23 bits per heavy atom. The fourth-order valence-corrected chi connectivity index (χ4v) is 3.25. The van der Waals surface area contributed by atoms with E-state index in [-0.39, 0.29) is 5.91 Å². The van der Waals surface area contributed by atoms with Crippen molar-refractivity contribution in [3.63, 3.8) is 0 Å². The zero-order valence-corrected chi connectivity index (χ0v) is 15.0. The van der Waals surface area contributed by atoms with Crippen LogP contribution in [0.1, 0.15) is 28.9 Å². The lowest BCUT2D eigenvalue weighted by Crippen LogP contribution is -2.45. The lowest BCUT2D eigenvalue weighted by Gasteiger charge is -2.38. The quantitative estimate of drug-likeness (QED) is 0.827. The monoisotopic (exact) mass is 355 g/mol. The molecule has 1 amide bonds. The second-order valence-corrected chi connectivity index (χ2v) is 6.57. The molecule has 2 heterocycles. The van der Waals surface area contributed by atoms with Crippen LogP contribution >= 0.6 is 0 Å². The lowest BCUT2D eigenvalue weighted by molar-refractivity contribution is -0.0255. The number of nitrogens with zero attached hydrogens (tertiary/aromatic N) is 2. The van der Waals surface area contributed by atoms with Gasteiger partial charge in [-0.2, -0.15) is 0 Å². The molecule has 6 heteroatoms. The van der Waals surface area contributed by atoms with Gasteiger partial charge in [-0.1, -0.05) is 18.2 Å². The van der Waals surface area contributed by atoms with E-state index in [2.05, 4.69) is 15.2 Å². The van der Waals surface area contributed by atoms with Crippen LogP contribution in [0.4, 0.5) is 0 Å². The molecule has 1 aromatic carbocycles. The van der Waals surface area contributed by atoms with Crippen LogP contribution in [0.25, 0.3) is 0 Å². The summed E-state index contributed by atoms with van der Waals surface area (Å²) in [6.45, 7) is 2.91. The van der Waals surface area contributed by atoms with E-state index < -0.39 is 5.60 Å². The molecule has 1 aliphatic heterocycles. The number of aliphatic hydroxyl groups is 1. The first-order chi connectivity index (χ1) is 12.6. The van der Waals surface area contributed by atoms with E-state index in [9.17, 15) is 9.90 Å². The molecule has 2 aromatic rings. The Balaban J connectivity index is 1.45. The molecule has 0 unspecified atom stereocenters. The molecule has 26 heavy (non-hydrogen) atoms. The fraction of sp³-hybridized carbons (Fsp3) is 0.400. The minimum absolute atomic E-state index is 0.155. The zero-order valence-electron chi connectivity index (χ0n) is 15.0. The topological polar surface area (TPSA) is 74.7 Å². The Bertz CT molecular complexity index is 711. The molecule has 2 N–H and O–H groups in total. The molecule has 1 fully saturated rings. The van der Waals surface area contributed by atoms with Gasteiger partial charge in [-0.15, -0.1) is 0 Å². The number of pyridine rings is 1. The predicted molar refractivity (Wildman–Crippen MR) is 99.1 cm³/mol. The van der Waals surface area contributed by atoms with Crippen molar-refractivity contribution in [2.75, 3.05) is 33.3 Å². The van der Waals surface area contributed by atoms with Gasteiger partial charge in [0.1, 0.15) is 11.4 Å². The van der Waals surface area contributed by atoms with E-state index in [1.807, 2.05) is 24.3 Å². The number of aromatic nitrogens is 1. The molecule has 0 radical (unpaired) electrons. The van der Waals surface area contributed by atoms with Crippen molar-refractivity contribution in [2.24, 2.45) is 0 Å². The highest BCUT2D eigenvalue weighted by Crippen LogP contribution is 2.33. The molecule has 1 aliphatic rings. The summed E-state index contributed by atoms with van der Waals surface area (Å²) >= 11 is 0. The first-order valence-corrected chi connectivity index (χ1v) is 8.89. The third-order valence-electron chi connectivity index (χ3n) is 4.92. The molecule has 6 nitrogen and oxygen atoms in total. The van der Waals surface area contributed by atoms with Gasteiger partial charge >= 0.3 is 0 Å². The number of amides is 1. The first-order valence-electron chi connectivity index (χ1n) is 8.89. The number of piperidine rings is 1. The van der Waals surface area contributed by atoms with Crippen LogP contribution in [0.15, 0.2) is 48.7 Å². The maximum atomic E-state index is 12.0. The second-order valence-electron chi connectivity index (χ2n) is 6.57.